The van der Waals surface area contributed by atoms with Crippen molar-refractivity contribution in [3.63, 3.8) is 0 Å². The van der Waals surface area contributed by atoms with E-state index in [4.69, 9.17) is 32.7 Å². The highest BCUT2D eigenvalue weighted by Crippen LogP contribution is 2.37. The van der Waals surface area contributed by atoms with Gasteiger partial charge >= 0.3 is 0 Å². The summed E-state index contributed by atoms with van der Waals surface area (Å²) in [6.45, 7) is 0. The number of hydrogen-bond donors (Lipinski definition) is 1. The van der Waals surface area contributed by atoms with Gasteiger partial charge in [-0.1, -0.05) is 35.0 Å². The third-order valence-corrected chi connectivity index (χ3v) is 5.54. The number of nitrogens with zero attached hydrogens (tertiary/aromatic N) is 2. The number of hydrogen-bond acceptors (Lipinski definition) is 5. The van der Waals surface area contributed by atoms with Crippen LogP contribution in [0, 0.1) is 23.2 Å². The maximum atomic E-state index is 9.63. The lowest BCUT2D eigenvalue weighted by molar-refractivity contribution is 0.415. The van der Waals surface area contributed by atoms with E-state index in [-0.39, 0.29) is 0 Å². The van der Waals surface area contributed by atoms with Crippen LogP contribution >= 0.6 is 23.2 Å². The van der Waals surface area contributed by atoms with Crippen LogP contribution in [0.25, 0.3) is 10.9 Å². The molecule has 3 aromatic carbocycles. The lowest BCUT2D eigenvalue weighted by Crippen LogP contribution is -1.98. The van der Waals surface area contributed by atoms with Crippen molar-refractivity contribution in [2.75, 3.05) is 19.5 Å². The third-order valence-electron chi connectivity index (χ3n) is 4.93. The van der Waals surface area contributed by atoms with Gasteiger partial charge in [0, 0.05) is 28.8 Å². The summed E-state index contributed by atoms with van der Waals surface area (Å²) in [7, 11) is 3.15. The molecule has 0 amide bonds. The molecule has 5 nitrogen and oxygen atoms in total. The number of aromatic nitrogens is 1. The van der Waals surface area contributed by atoms with Crippen molar-refractivity contribution in [1.82, 2.24) is 4.98 Å². The van der Waals surface area contributed by atoms with E-state index >= 15 is 0 Å². The molecule has 1 aromatic heterocycles. The van der Waals surface area contributed by atoms with E-state index in [1.165, 1.54) is 13.3 Å². The maximum absolute atomic E-state index is 9.63. The number of methoxy groups -OCH3 is 2. The Morgan fingerprint density at radius 3 is 2.30 bits per heavy atom. The van der Waals surface area contributed by atoms with Crippen LogP contribution in [0.5, 0.6) is 11.5 Å². The minimum atomic E-state index is 0.379. The zero-order chi connectivity index (χ0) is 23.4. The number of nitriles is 1. The Labute approximate surface area is 201 Å². The largest absolute Gasteiger partial charge is 0.497 e. The second kappa shape index (κ2) is 9.71. The fourth-order valence-electron chi connectivity index (χ4n) is 3.23. The van der Waals surface area contributed by atoms with Crippen LogP contribution in [0.3, 0.4) is 0 Å². The van der Waals surface area contributed by atoms with Crippen LogP contribution in [0.1, 0.15) is 16.7 Å². The fourth-order valence-corrected chi connectivity index (χ4v) is 3.73. The molecule has 0 fully saturated rings. The maximum Gasteiger partial charge on any atom is 0.139 e. The van der Waals surface area contributed by atoms with Gasteiger partial charge in [0.2, 0.25) is 0 Å². The summed E-state index contributed by atoms with van der Waals surface area (Å²) >= 11 is 12.5. The standard InChI is InChI=1S/C26H17Cl2N3O2/c1-32-19-8-5-16(6-9-19)3-4-17-7-10-20-23(11-17)30-15-18(14-29)26(20)31-24-13-25(33-2)22(28)12-21(24)27/h5-13,15H,1-2H3,(H,30,31). The molecule has 7 heteroatoms. The lowest BCUT2D eigenvalue weighted by atomic mass is 10.1. The number of fused-ring (bicyclic) bond motifs is 1. The molecular formula is C26H17Cl2N3O2. The van der Waals surface area contributed by atoms with Crippen molar-refractivity contribution in [1.29, 1.82) is 5.26 Å². The molecular weight excluding hydrogens is 457 g/mol. The first-order chi connectivity index (χ1) is 16.0. The number of ether oxygens (including phenoxy) is 2. The number of nitrogens with one attached hydrogen (secondary N) is 1. The molecule has 4 aromatic rings. The molecule has 0 atom stereocenters. The third kappa shape index (κ3) is 4.81. The second-order valence-corrected chi connectivity index (χ2v) is 7.78. The summed E-state index contributed by atoms with van der Waals surface area (Å²) in [6, 6.07) is 18.6. The first kappa shape index (κ1) is 22.3. The van der Waals surface area contributed by atoms with Gasteiger partial charge in [0.05, 0.1) is 46.7 Å². The van der Waals surface area contributed by atoms with Gasteiger partial charge in [-0.15, -0.1) is 0 Å². The van der Waals surface area contributed by atoms with Gasteiger partial charge in [-0.25, -0.2) is 0 Å². The molecule has 0 aliphatic carbocycles. The summed E-state index contributed by atoms with van der Waals surface area (Å²) in [5.41, 5.74) is 3.89. The second-order valence-electron chi connectivity index (χ2n) is 6.96. The Kier molecular flexibility index (Phi) is 6.56. The SMILES string of the molecule is COc1ccc(C#Cc2ccc3c(Nc4cc(OC)c(Cl)cc4Cl)c(C#N)cnc3c2)cc1. The fraction of sp³-hybridized carbons (Fsp3) is 0.0769. The Balaban J connectivity index is 1.72. The molecule has 0 radical (unpaired) electrons. The molecule has 0 spiro atoms. The topological polar surface area (TPSA) is 67.2 Å². The van der Waals surface area contributed by atoms with Crippen molar-refractivity contribution in [2.24, 2.45) is 0 Å². The van der Waals surface area contributed by atoms with Crippen molar-refractivity contribution < 1.29 is 9.47 Å². The Morgan fingerprint density at radius 2 is 1.61 bits per heavy atom. The Bertz CT molecular complexity index is 1450. The summed E-state index contributed by atoms with van der Waals surface area (Å²) in [6.07, 6.45) is 1.52. The van der Waals surface area contributed by atoms with E-state index in [1.807, 2.05) is 42.5 Å². The number of halogens is 2. The van der Waals surface area contributed by atoms with E-state index in [9.17, 15) is 5.26 Å². The average Bonchev–Trinajstić information content (AvgIpc) is 2.84. The molecule has 0 aliphatic rings. The van der Waals surface area contributed by atoms with Gasteiger partial charge < -0.3 is 14.8 Å². The monoisotopic (exact) mass is 473 g/mol. The van der Waals surface area contributed by atoms with E-state index in [0.29, 0.717) is 38.2 Å². The van der Waals surface area contributed by atoms with Crippen molar-refractivity contribution in [3.8, 4) is 29.4 Å². The number of rotatable bonds is 4. The first-order valence-corrected chi connectivity index (χ1v) is 10.6. The van der Waals surface area contributed by atoms with E-state index < -0.39 is 0 Å². The minimum absolute atomic E-state index is 0.379. The van der Waals surface area contributed by atoms with Crippen LogP contribution in [-0.4, -0.2) is 19.2 Å². The lowest BCUT2D eigenvalue weighted by Gasteiger charge is -2.14. The van der Waals surface area contributed by atoms with Gasteiger partial charge in [-0.05, 0) is 48.5 Å². The van der Waals surface area contributed by atoms with Crippen LogP contribution in [0.2, 0.25) is 10.0 Å². The molecule has 162 valence electrons. The van der Waals surface area contributed by atoms with Gasteiger partial charge in [-0.2, -0.15) is 5.26 Å². The van der Waals surface area contributed by atoms with Gasteiger partial charge in [-0.3, -0.25) is 4.98 Å². The molecule has 0 aliphatic heterocycles. The van der Waals surface area contributed by atoms with E-state index in [2.05, 4.69) is 28.2 Å². The summed E-state index contributed by atoms with van der Waals surface area (Å²) < 4.78 is 10.5. The van der Waals surface area contributed by atoms with Crippen LogP contribution in [-0.2, 0) is 0 Å². The number of benzene rings is 3. The van der Waals surface area contributed by atoms with Gasteiger partial charge in [0.15, 0.2) is 0 Å². The van der Waals surface area contributed by atoms with E-state index in [1.54, 1.807) is 19.2 Å². The van der Waals surface area contributed by atoms with Crippen LogP contribution in [0.15, 0.2) is 60.8 Å². The summed E-state index contributed by atoms with van der Waals surface area (Å²) in [5, 5.41) is 14.4. The number of anilines is 2. The highest BCUT2D eigenvalue weighted by Gasteiger charge is 2.13. The molecule has 0 unspecified atom stereocenters. The van der Waals surface area contributed by atoms with Crippen LogP contribution < -0.4 is 14.8 Å². The highest BCUT2D eigenvalue weighted by molar-refractivity contribution is 6.37. The predicted octanol–water partition coefficient (Wildman–Crippen LogP) is 6.57. The minimum Gasteiger partial charge on any atom is -0.497 e. The molecule has 0 bridgehead atoms. The van der Waals surface area contributed by atoms with Gasteiger partial charge in [0.1, 0.15) is 17.6 Å². The predicted molar refractivity (Wildman–Crippen MR) is 132 cm³/mol. The van der Waals surface area contributed by atoms with Crippen molar-refractivity contribution >= 4 is 45.5 Å². The quantitative estimate of drug-likeness (QED) is 0.339. The average molecular weight is 474 g/mol. The molecule has 33 heavy (non-hydrogen) atoms. The molecule has 0 saturated carbocycles. The highest BCUT2D eigenvalue weighted by atomic mass is 35.5. The zero-order valence-corrected chi connectivity index (χ0v) is 19.3. The number of pyridine rings is 1. The zero-order valence-electron chi connectivity index (χ0n) is 17.7. The normalized spacial score (nSPS) is 10.2. The molecule has 1 heterocycles. The first-order valence-electron chi connectivity index (χ1n) is 9.81. The molecule has 4 rings (SSSR count). The Hall–Kier alpha value is -3.90. The van der Waals surface area contributed by atoms with Crippen molar-refractivity contribution in [2.45, 2.75) is 0 Å². The van der Waals surface area contributed by atoms with Crippen LogP contribution in [0.4, 0.5) is 11.4 Å². The van der Waals surface area contributed by atoms with Gasteiger partial charge in [0.25, 0.3) is 0 Å². The van der Waals surface area contributed by atoms with Crippen molar-refractivity contribution in [3.05, 3.63) is 87.5 Å². The summed E-state index contributed by atoms with van der Waals surface area (Å²) in [5.74, 6) is 7.53. The molecule has 0 saturated heterocycles. The Morgan fingerprint density at radius 1 is 0.879 bits per heavy atom. The summed E-state index contributed by atoms with van der Waals surface area (Å²) in [4.78, 5) is 4.44. The smallest absolute Gasteiger partial charge is 0.139 e. The van der Waals surface area contributed by atoms with E-state index in [0.717, 1.165) is 22.3 Å². The molecule has 1 N–H and O–H groups in total.